The summed E-state index contributed by atoms with van der Waals surface area (Å²) in [6, 6.07) is 11.9. The molecule has 150 valence electrons. The minimum absolute atomic E-state index is 0.0443. The third-order valence-electron chi connectivity index (χ3n) is 5.86. The van der Waals surface area contributed by atoms with Gasteiger partial charge in [0.25, 0.3) is 0 Å². The van der Waals surface area contributed by atoms with Gasteiger partial charge in [-0.15, -0.1) is 0 Å². The van der Waals surface area contributed by atoms with Gasteiger partial charge in [-0.2, -0.15) is 0 Å². The summed E-state index contributed by atoms with van der Waals surface area (Å²) in [4.78, 5) is 6.89. The molecule has 0 spiro atoms. The van der Waals surface area contributed by atoms with Crippen LogP contribution >= 0.6 is 0 Å². The van der Waals surface area contributed by atoms with E-state index in [9.17, 15) is 4.39 Å². The molecule has 28 heavy (non-hydrogen) atoms. The SMILES string of the molecule is CCCN1c2cc(F)c(C=Nc3ccc(C(C)C)cc3)cc2C(C)CC1(C)C. The van der Waals surface area contributed by atoms with Gasteiger partial charge in [-0.05, 0) is 73.9 Å². The Hall–Kier alpha value is -2.16. The van der Waals surface area contributed by atoms with Crippen molar-refractivity contribution in [3.8, 4) is 0 Å². The molecule has 0 saturated carbocycles. The predicted molar refractivity (Wildman–Crippen MR) is 119 cm³/mol. The van der Waals surface area contributed by atoms with E-state index in [1.807, 2.05) is 18.2 Å². The summed E-state index contributed by atoms with van der Waals surface area (Å²) in [6.45, 7) is 14.2. The number of aliphatic imine (C=N–C) groups is 1. The van der Waals surface area contributed by atoms with E-state index in [1.165, 1.54) is 11.1 Å². The molecular formula is C25H33FN2. The largest absolute Gasteiger partial charge is 0.366 e. The lowest BCUT2D eigenvalue weighted by atomic mass is 9.79. The van der Waals surface area contributed by atoms with Crippen LogP contribution in [0.1, 0.15) is 82.9 Å². The number of nitrogens with zero attached hydrogens (tertiary/aromatic N) is 2. The Kier molecular flexibility index (Phi) is 5.92. The molecule has 0 saturated heterocycles. The molecule has 2 nitrogen and oxygen atoms in total. The Morgan fingerprint density at radius 3 is 2.50 bits per heavy atom. The molecule has 0 amide bonds. The van der Waals surface area contributed by atoms with Crippen molar-refractivity contribution in [2.45, 2.75) is 71.8 Å². The van der Waals surface area contributed by atoms with Crippen molar-refractivity contribution in [3.63, 3.8) is 0 Å². The van der Waals surface area contributed by atoms with Crippen LogP contribution in [-0.2, 0) is 0 Å². The van der Waals surface area contributed by atoms with Gasteiger partial charge in [0, 0.05) is 29.5 Å². The van der Waals surface area contributed by atoms with Crippen LogP contribution in [0.4, 0.5) is 15.8 Å². The van der Waals surface area contributed by atoms with Crippen LogP contribution in [-0.4, -0.2) is 18.3 Å². The lowest BCUT2D eigenvalue weighted by Gasteiger charge is -2.47. The molecule has 1 heterocycles. The number of rotatable bonds is 5. The van der Waals surface area contributed by atoms with Crippen LogP contribution in [0, 0.1) is 5.82 Å². The van der Waals surface area contributed by atoms with Gasteiger partial charge in [0.05, 0.1) is 5.69 Å². The smallest absolute Gasteiger partial charge is 0.134 e. The van der Waals surface area contributed by atoms with Crippen LogP contribution in [0.2, 0.25) is 0 Å². The summed E-state index contributed by atoms with van der Waals surface area (Å²) in [5.41, 5.74) is 5.01. The number of halogens is 1. The first kappa shape index (κ1) is 20.6. The van der Waals surface area contributed by atoms with Gasteiger partial charge in [0.1, 0.15) is 5.82 Å². The monoisotopic (exact) mass is 380 g/mol. The standard InChI is InChI=1S/C25H33FN2/c1-7-12-28-24-14-23(26)20(13-22(24)18(4)15-25(28,5)6)16-27-21-10-8-19(9-11-21)17(2)3/h8-11,13-14,16-18H,7,12,15H2,1-6H3. The van der Waals surface area contributed by atoms with Crippen LogP contribution < -0.4 is 4.90 Å². The summed E-state index contributed by atoms with van der Waals surface area (Å²) in [7, 11) is 0. The first-order valence-corrected chi connectivity index (χ1v) is 10.5. The van der Waals surface area contributed by atoms with Gasteiger partial charge >= 0.3 is 0 Å². The maximum Gasteiger partial charge on any atom is 0.134 e. The minimum Gasteiger partial charge on any atom is -0.366 e. The summed E-state index contributed by atoms with van der Waals surface area (Å²) < 4.78 is 14.9. The van der Waals surface area contributed by atoms with Crippen molar-refractivity contribution in [3.05, 3.63) is 58.9 Å². The summed E-state index contributed by atoms with van der Waals surface area (Å²) >= 11 is 0. The Bertz CT molecular complexity index is 850. The molecule has 1 atom stereocenters. The predicted octanol–water partition coefficient (Wildman–Crippen LogP) is 7.20. The fraction of sp³-hybridized carbons (Fsp3) is 0.480. The second-order valence-corrected chi connectivity index (χ2v) is 9.01. The van der Waals surface area contributed by atoms with Crippen molar-refractivity contribution < 1.29 is 4.39 Å². The van der Waals surface area contributed by atoms with E-state index in [0.29, 0.717) is 17.4 Å². The molecule has 0 radical (unpaired) electrons. The highest BCUT2D eigenvalue weighted by atomic mass is 19.1. The molecule has 1 aliphatic heterocycles. The lowest BCUT2D eigenvalue weighted by molar-refractivity contribution is 0.375. The molecule has 0 N–H and O–H groups in total. The van der Waals surface area contributed by atoms with Crippen molar-refractivity contribution in [1.29, 1.82) is 0 Å². The van der Waals surface area contributed by atoms with Crippen LogP contribution in [0.3, 0.4) is 0 Å². The molecule has 1 aliphatic rings. The Labute approximate surface area is 169 Å². The highest BCUT2D eigenvalue weighted by Crippen LogP contribution is 2.44. The third-order valence-corrected chi connectivity index (χ3v) is 5.86. The van der Waals surface area contributed by atoms with E-state index in [1.54, 1.807) is 12.3 Å². The average Bonchev–Trinajstić information content (AvgIpc) is 2.63. The van der Waals surface area contributed by atoms with E-state index in [0.717, 1.165) is 30.8 Å². The Morgan fingerprint density at radius 2 is 1.89 bits per heavy atom. The van der Waals surface area contributed by atoms with Gasteiger partial charge in [0.15, 0.2) is 0 Å². The first-order chi connectivity index (χ1) is 13.2. The number of fused-ring (bicyclic) bond motifs is 1. The number of hydrogen-bond donors (Lipinski definition) is 0. The third kappa shape index (κ3) is 4.14. The molecule has 0 aliphatic carbocycles. The zero-order chi connectivity index (χ0) is 20.5. The Morgan fingerprint density at radius 1 is 1.21 bits per heavy atom. The fourth-order valence-electron chi connectivity index (χ4n) is 4.36. The average molecular weight is 381 g/mol. The summed E-state index contributed by atoms with van der Waals surface area (Å²) in [5, 5.41) is 0. The maximum absolute atomic E-state index is 14.9. The quantitative estimate of drug-likeness (QED) is 0.501. The molecular weight excluding hydrogens is 347 g/mol. The normalized spacial score (nSPS) is 18.7. The van der Waals surface area contributed by atoms with Crippen molar-refractivity contribution in [1.82, 2.24) is 0 Å². The van der Waals surface area contributed by atoms with Crippen LogP contribution in [0.5, 0.6) is 0 Å². The van der Waals surface area contributed by atoms with E-state index in [4.69, 9.17) is 0 Å². The molecule has 3 rings (SSSR count). The Balaban J connectivity index is 1.93. The van der Waals surface area contributed by atoms with Gasteiger partial charge in [0.2, 0.25) is 0 Å². The van der Waals surface area contributed by atoms with Gasteiger partial charge in [-0.3, -0.25) is 4.99 Å². The second kappa shape index (κ2) is 8.06. The van der Waals surface area contributed by atoms with Crippen LogP contribution in [0.15, 0.2) is 41.4 Å². The van der Waals surface area contributed by atoms with Crippen molar-refractivity contribution >= 4 is 17.6 Å². The molecule has 2 aromatic rings. The molecule has 0 fully saturated rings. The van der Waals surface area contributed by atoms with E-state index in [2.05, 4.69) is 63.6 Å². The van der Waals surface area contributed by atoms with Gasteiger partial charge in [-0.25, -0.2) is 4.39 Å². The summed E-state index contributed by atoms with van der Waals surface area (Å²) in [6.07, 6.45) is 3.78. The maximum atomic E-state index is 14.9. The molecule has 2 aromatic carbocycles. The van der Waals surface area contributed by atoms with Crippen molar-refractivity contribution in [2.24, 2.45) is 4.99 Å². The first-order valence-electron chi connectivity index (χ1n) is 10.5. The number of hydrogen-bond acceptors (Lipinski definition) is 2. The number of benzene rings is 2. The second-order valence-electron chi connectivity index (χ2n) is 9.01. The fourth-order valence-corrected chi connectivity index (χ4v) is 4.36. The molecule has 1 unspecified atom stereocenters. The van der Waals surface area contributed by atoms with Crippen LogP contribution in [0.25, 0.3) is 0 Å². The van der Waals surface area contributed by atoms with Crippen molar-refractivity contribution in [2.75, 3.05) is 11.4 Å². The summed E-state index contributed by atoms with van der Waals surface area (Å²) in [5.74, 6) is 0.691. The minimum atomic E-state index is -0.202. The van der Waals surface area contributed by atoms with E-state index in [-0.39, 0.29) is 11.4 Å². The molecule has 0 bridgehead atoms. The van der Waals surface area contributed by atoms with E-state index < -0.39 is 0 Å². The van der Waals surface area contributed by atoms with Gasteiger partial charge < -0.3 is 4.90 Å². The lowest BCUT2D eigenvalue weighted by Crippen LogP contribution is -2.48. The topological polar surface area (TPSA) is 15.6 Å². The number of anilines is 1. The highest BCUT2D eigenvalue weighted by Gasteiger charge is 2.36. The van der Waals surface area contributed by atoms with E-state index >= 15 is 0 Å². The highest BCUT2D eigenvalue weighted by molar-refractivity contribution is 5.84. The molecule has 0 aromatic heterocycles. The molecule has 3 heteroatoms. The zero-order valence-corrected chi connectivity index (χ0v) is 18.1. The zero-order valence-electron chi connectivity index (χ0n) is 18.1. The van der Waals surface area contributed by atoms with Gasteiger partial charge in [-0.1, -0.05) is 39.8 Å².